The monoisotopic (exact) mass is 311 g/mol. The van der Waals surface area contributed by atoms with Crippen LogP contribution in [0.3, 0.4) is 0 Å². The summed E-state index contributed by atoms with van der Waals surface area (Å²) in [5.41, 5.74) is 4.68. The number of piperidine rings is 1. The molecule has 2 heterocycles. The molecular formula is C19H25N3O. The summed E-state index contributed by atoms with van der Waals surface area (Å²) in [6.07, 6.45) is 5.59. The smallest absolute Gasteiger partial charge is 0.227 e. The van der Waals surface area contributed by atoms with E-state index in [4.69, 9.17) is 0 Å². The summed E-state index contributed by atoms with van der Waals surface area (Å²) in [5, 5.41) is 4.27. The molecule has 3 rings (SSSR count). The van der Waals surface area contributed by atoms with E-state index in [0.717, 1.165) is 30.6 Å². The Morgan fingerprint density at radius 1 is 1.26 bits per heavy atom. The van der Waals surface area contributed by atoms with Crippen LogP contribution in [0.25, 0.3) is 0 Å². The Kier molecular flexibility index (Phi) is 4.51. The lowest BCUT2D eigenvalue weighted by molar-refractivity contribution is -0.134. The van der Waals surface area contributed by atoms with E-state index in [9.17, 15) is 4.79 Å². The van der Waals surface area contributed by atoms with E-state index in [1.165, 1.54) is 17.5 Å². The number of nitrogens with zero attached hydrogens (tertiary/aromatic N) is 3. The van der Waals surface area contributed by atoms with Gasteiger partial charge in [-0.3, -0.25) is 9.48 Å². The van der Waals surface area contributed by atoms with E-state index < -0.39 is 0 Å². The van der Waals surface area contributed by atoms with Crippen molar-refractivity contribution in [3.05, 3.63) is 52.8 Å². The van der Waals surface area contributed by atoms with Crippen molar-refractivity contribution < 1.29 is 4.79 Å². The third-order valence-electron chi connectivity index (χ3n) is 4.87. The van der Waals surface area contributed by atoms with Crippen molar-refractivity contribution in [3.8, 4) is 0 Å². The number of amides is 1. The maximum Gasteiger partial charge on any atom is 0.227 e. The molecular weight excluding hydrogens is 286 g/mol. The van der Waals surface area contributed by atoms with Gasteiger partial charge in [-0.1, -0.05) is 23.8 Å². The second-order valence-electron chi connectivity index (χ2n) is 6.59. The molecule has 2 aromatic rings. The lowest BCUT2D eigenvalue weighted by Gasteiger charge is -2.36. The average molecular weight is 311 g/mol. The predicted octanol–water partition coefficient (Wildman–Crippen LogP) is 3.33. The molecule has 1 saturated heterocycles. The van der Waals surface area contributed by atoms with Crippen LogP contribution in [-0.4, -0.2) is 27.1 Å². The standard InChI is InChI=1S/C19H25N3O/c1-14-7-8-15(2)16(12-14)13-19(23)22-11-5-4-6-18(22)17-9-10-20-21(17)3/h7-10,12,18H,4-6,11,13H2,1-3H3. The van der Waals surface area contributed by atoms with Crippen molar-refractivity contribution in [2.45, 2.75) is 45.6 Å². The van der Waals surface area contributed by atoms with Crippen LogP contribution in [0.15, 0.2) is 30.5 Å². The van der Waals surface area contributed by atoms with Crippen LogP contribution in [-0.2, 0) is 18.3 Å². The summed E-state index contributed by atoms with van der Waals surface area (Å²) >= 11 is 0. The van der Waals surface area contributed by atoms with Gasteiger partial charge in [-0.15, -0.1) is 0 Å². The Morgan fingerprint density at radius 3 is 2.83 bits per heavy atom. The van der Waals surface area contributed by atoms with Gasteiger partial charge in [0.05, 0.1) is 18.2 Å². The minimum Gasteiger partial charge on any atom is -0.334 e. The number of hydrogen-bond acceptors (Lipinski definition) is 2. The minimum absolute atomic E-state index is 0.161. The molecule has 23 heavy (non-hydrogen) atoms. The molecule has 0 N–H and O–H groups in total. The van der Waals surface area contributed by atoms with Crippen LogP contribution in [0, 0.1) is 13.8 Å². The maximum atomic E-state index is 12.9. The van der Waals surface area contributed by atoms with Crippen molar-refractivity contribution >= 4 is 5.91 Å². The fourth-order valence-corrected chi connectivity index (χ4v) is 3.50. The van der Waals surface area contributed by atoms with Crippen molar-refractivity contribution in [2.24, 2.45) is 7.05 Å². The van der Waals surface area contributed by atoms with Gasteiger partial charge < -0.3 is 4.90 Å². The van der Waals surface area contributed by atoms with E-state index in [1.807, 2.05) is 24.0 Å². The average Bonchev–Trinajstić information content (AvgIpc) is 2.97. The Labute approximate surface area is 138 Å². The van der Waals surface area contributed by atoms with Crippen LogP contribution < -0.4 is 0 Å². The number of aromatic nitrogens is 2. The first-order valence-corrected chi connectivity index (χ1v) is 8.40. The molecule has 1 aromatic heterocycles. The number of carbonyl (C=O) groups is 1. The van der Waals surface area contributed by atoms with E-state index >= 15 is 0 Å². The molecule has 1 unspecified atom stereocenters. The second kappa shape index (κ2) is 6.57. The summed E-state index contributed by atoms with van der Waals surface area (Å²) < 4.78 is 1.90. The molecule has 1 amide bonds. The quantitative estimate of drug-likeness (QED) is 0.872. The highest BCUT2D eigenvalue weighted by Crippen LogP contribution is 2.31. The fourth-order valence-electron chi connectivity index (χ4n) is 3.50. The third-order valence-corrected chi connectivity index (χ3v) is 4.87. The predicted molar refractivity (Wildman–Crippen MR) is 91.1 cm³/mol. The summed E-state index contributed by atoms with van der Waals surface area (Å²) in [6, 6.07) is 8.54. The van der Waals surface area contributed by atoms with Gasteiger partial charge in [0.1, 0.15) is 0 Å². The number of benzene rings is 1. The molecule has 4 nitrogen and oxygen atoms in total. The van der Waals surface area contributed by atoms with Gasteiger partial charge in [0.25, 0.3) is 0 Å². The van der Waals surface area contributed by atoms with Gasteiger partial charge in [0, 0.05) is 19.8 Å². The topological polar surface area (TPSA) is 38.1 Å². The SMILES string of the molecule is Cc1ccc(C)c(CC(=O)N2CCCCC2c2ccnn2C)c1. The van der Waals surface area contributed by atoms with E-state index in [2.05, 4.69) is 42.0 Å². The zero-order chi connectivity index (χ0) is 16.4. The molecule has 1 aliphatic rings. The molecule has 1 aromatic carbocycles. The molecule has 0 bridgehead atoms. The Morgan fingerprint density at radius 2 is 2.09 bits per heavy atom. The fraction of sp³-hybridized carbons (Fsp3) is 0.474. The maximum absolute atomic E-state index is 12.9. The van der Waals surface area contributed by atoms with Crippen LogP contribution in [0.4, 0.5) is 0 Å². The largest absolute Gasteiger partial charge is 0.334 e. The zero-order valence-corrected chi connectivity index (χ0v) is 14.2. The minimum atomic E-state index is 0.161. The van der Waals surface area contributed by atoms with E-state index in [0.29, 0.717) is 6.42 Å². The molecule has 0 aliphatic carbocycles. The van der Waals surface area contributed by atoms with Crippen molar-refractivity contribution in [2.75, 3.05) is 6.54 Å². The van der Waals surface area contributed by atoms with Crippen LogP contribution >= 0.6 is 0 Å². The molecule has 1 atom stereocenters. The van der Waals surface area contributed by atoms with Gasteiger partial charge in [0.15, 0.2) is 0 Å². The van der Waals surface area contributed by atoms with Gasteiger partial charge >= 0.3 is 0 Å². The second-order valence-corrected chi connectivity index (χ2v) is 6.59. The summed E-state index contributed by atoms with van der Waals surface area (Å²) in [5.74, 6) is 0.226. The first-order chi connectivity index (χ1) is 11.1. The van der Waals surface area contributed by atoms with Gasteiger partial charge in [-0.05, 0) is 50.3 Å². The highest BCUT2D eigenvalue weighted by molar-refractivity contribution is 5.79. The number of hydrogen-bond donors (Lipinski definition) is 0. The number of carbonyl (C=O) groups excluding carboxylic acids is 1. The number of likely N-dealkylation sites (tertiary alicyclic amines) is 1. The number of rotatable bonds is 3. The first kappa shape index (κ1) is 15.8. The van der Waals surface area contributed by atoms with E-state index in [1.54, 1.807) is 0 Å². The van der Waals surface area contributed by atoms with Crippen LogP contribution in [0.5, 0.6) is 0 Å². The lowest BCUT2D eigenvalue weighted by atomic mass is 9.97. The number of aryl methyl sites for hydroxylation is 3. The van der Waals surface area contributed by atoms with Gasteiger partial charge in [-0.2, -0.15) is 5.10 Å². The summed E-state index contributed by atoms with van der Waals surface area (Å²) in [7, 11) is 1.96. The highest BCUT2D eigenvalue weighted by atomic mass is 16.2. The molecule has 0 saturated carbocycles. The van der Waals surface area contributed by atoms with Crippen molar-refractivity contribution in [1.82, 2.24) is 14.7 Å². The Hall–Kier alpha value is -2.10. The molecule has 1 fully saturated rings. The normalized spacial score (nSPS) is 18.2. The van der Waals surface area contributed by atoms with Gasteiger partial charge in [0.2, 0.25) is 5.91 Å². The molecule has 1 aliphatic heterocycles. The summed E-state index contributed by atoms with van der Waals surface area (Å²) in [6.45, 7) is 5.00. The third kappa shape index (κ3) is 3.31. The molecule has 0 radical (unpaired) electrons. The molecule has 0 spiro atoms. The van der Waals surface area contributed by atoms with Crippen LogP contribution in [0.2, 0.25) is 0 Å². The highest BCUT2D eigenvalue weighted by Gasteiger charge is 2.29. The Bertz CT molecular complexity index is 704. The van der Waals surface area contributed by atoms with Gasteiger partial charge in [-0.25, -0.2) is 0 Å². The van der Waals surface area contributed by atoms with Crippen LogP contribution in [0.1, 0.15) is 47.7 Å². The zero-order valence-electron chi connectivity index (χ0n) is 14.2. The first-order valence-electron chi connectivity index (χ1n) is 8.40. The molecule has 4 heteroatoms. The summed E-state index contributed by atoms with van der Waals surface area (Å²) in [4.78, 5) is 15.0. The lowest BCUT2D eigenvalue weighted by Crippen LogP contribution is -2.40. The Balaban J connectivity index is 1.82. The van der Waals surface area contributed by atoms with Crippen molar-refractivity contribution in [1.29, 1.82) is 0 Å². The van der Waals surface area contributed by atoms with Crippen molar-refractivity contribution in [3.63, 3.8) is 0 Å². The molecule has 122 valence electrons. The van der Waals surface area contributed by atoms with E-state index in [-0.39, 0.29) is 11.9 Å².